The Kier molecular flexibility index (Phi) is 7.25. The van der Waals surface area contributed by atoms with E-state index in [9.17, 15) is 4.79 Å². The maximum absolute atomic E-state index is 12.5. The molecule has 10 heteroatoms. The lowest BCUT2D eigenvalue weighted by Gasteiger charge is -2.35. The molecule has 7 nitrogen and oxygen atoms in total. The number of aryl methyl sites for hydroxylation is 1. The molecule has 3 heterocycles. The van der Waals surface area contributed by atoms with Gasteiger partial charge in [0, 0.05) is 38.3 Å². The van der Waals surface area contributed by atoms with Crippen molar-refractivity contribution in [1.29, 1.82) is 0 Å². The van der Waals surface area contributed by atoms with Crippen LogP contribution in [0.3, 0.4) is 0 Å². The summed E-state index contributed by atoms with van der Waals surface area (Å²) in [5.41, 5.74) is 0.841. The van der Waals surface area contributed by atoms with E-state index in [0.29, 0.717) is 19.6 Å². The quantitative estimate of drug-likeness (QED) is 0.370. The van der Waals surface area contributed by atoms with Gasteiger partial charge in [-0.15, -0.1) is 35.3 Å². The lowest BCUT2D eigenvalue weighted by molar-refractivity contribution is -0.120. The van der Waals surface area contributed by atoms with Crippen molar-refractivity contribution in [2.75, 3.05) is 31.6 Å². The SMILES string of the molecule is CN=C(NCc1ccc(Br)s1)N1CCN(c2cnn(C)c2)C(=O)C1.I. The van der Waals surface area contributed by atoms with Crippen molar-refractivity contribution >= 4 is 68.8 Å². The topological polar surface area (TPSA) is 65.8 Å². The fraction of sp³-hybridized carbons (Fsp3) is 0.400. The van der Waals surface area contributed by atoms with Gasteiger partial charge in [-0.2, -0.15) is 5.10 Å². The average Bonchev–Trinajstić information content (AvgIpc) is 3.16. The molecule has 1 saturated heterocycles. The molecule has 0 aliphatic carbocycles. The summed E-state index contributed by atoms with van der Waals surface area (Å²) in [5, 5.41) is 7.46. The molecule has 25 heavy (non-hydrogen) atoms. The number of rotatable bonds is 3. The van der Waals surface area contributed by atoms with Crippen LogP contribution in [0.5, 0.6) is 0 Å². The second-order valence-corrected chi connectivity index (χ2v) is 7.99. The normalized spacial score (nSPS) is 15.3. The van der Waals surface area contributed by atoms with Gasteiger partial charge in [0.25, 0.3) is 0 Å². The van der Waals surface area contributed by atoms with E-state index in [1.807, 2.05) is 24.2 Å². The van der Waals surface area contributed by atoms with E-state index in [4.69, 9.17) is 0 Å². The van der Waals surface area contributed by atoms with E-state index in [1.165, 1.54) is 4.88 Å². The molecule has 1 amide bonds. The molecule has 136 valence electrons. The number of nitrogens with zero attached hydrogens (tertiary/aromatic N) is 5. The number of guanidine groups is 1. The summed E-state index contributed by atoms with van der Waals surface area (Å²) in [7, 11) is 3.59. The van der Waals surface area contributed by atoms with E-state index in [1.54, 1.807) is 34.2 Å². The van der Waals surface area contributed by atoms with Crippen LogP contribution in [-0.2, 0) is 18.4 Å². The Morgan fingerprint density at radius 2 is 2.24 bits per heavy atom. The number of anilines is 1. The van der Waals surface area contributed by atoms with Crippen molar-refractivity contribution in [3.8, 4) is 0 Å². The van der Waals surface area contributed by atoms with Gasteiger partial charge in [-0.25, -0.2) is 0 Å². The zero-order chi connectivity index (χ0) is 17.1. The number of aromatic nitrogens is 2. The van der Waals surface area contributed by atoms with Gasteiger partial charge in [0.15, 0.2) is 5.96 Å². The first-order valence-electron chi connectivity index (χ1n) is 7.55. The summed E-state index contributed by atoms with van der Waals surface area (Å²) in [4.78, 5) is 21.7. The van der Waals surface area contributed by atoms with Crippen LogP contribution in [-0.4, -0.2) is 53.2 Å². The molecular weight excluding hydrogens is 519 g/mol. The fourth-order valence-corrected chi connectivity index (χ4v) is 4.04. The molecule has 0 spiro atoms. The van der Waals surface area contributed by atoms with Crippen LogP contribution < -0.4 is 10.2 Å². The third-order valence-corrected chi connectivity index (χ3v) is 5.41. The molecular formula is C15H20BrIN6OS. The third kappa shape index (κ3) is 4.94. The van der Waals surface area contributed by atoms with Crippen LogP contribution in [0.1, 0.15) is 4.88 Å². The van der Waals surface area contributed by atoms with Crippen LogP contribution >= 0.6 is 51.2 Å². The predicted octanol–water partition coefficient (Wildman–Crippen LogP) is 2.29. The standard InChI is InChI=1S/C15H19BrN6OS.HI/c1-17-15(18-8-12-3-4-13(16)24-12)21-5-6-22(14(23)10-21)11-7-19-20(2)9-11;/h3-4,7,9H,5-6,8,10H2,1-2H3,(H,17,18);1H. The molecule has 2 aromatic heterocycles. The number of aliphatic imine (C=N–C) groups is 1. The van der Waals surface area contributed by atoms with Crippen molar-refractivity contribution in [2.45, 2.75) is 6.54 Å². The smallest absolute Gasteiger partial charge is 0.246 e. The van der Waals surface area contributed by atoms with E-state index < -0.39 is 0 Å². The predicted molar refractivity (Wildman–Crippen MR) is 115 cm³/mol. The van der Waals surface area contributed by atoms with Crippen molar-refractivity contribution in [3.63, 3.8) is 0 Å². The summed E-state index contributed by atoms with van der Waals surface area (Å²) < 4.78 is 2.81. The number of carbonyl (C=O) groups excluding carboxylic acids is 1. The molecule has 0 radical (unpaired) electrons. The van der Waals surface area contributed by atoms with Gasteiger partial charge in [-0.1, -0.05) is 0 Å². The van der Waals surface area contributed by atoms with Gasteiger partial charge in [-0.3, -0.25) is 14.5 Å². The summed E-state index contributed by atoms with van der Waals surface area (Å²) in [5.74, 6) is 0.801. The number of carbonyl (C=O) groups is 1. The minimum atomic E-state index is 0. The molecule has 0 atom stereocenters. The fourth-order valence-electron chi connectivity index (χ4n) is 2.62. The van der Waals surface area contributed by atoms with E-state index in [-0.39, 0.29) is 29.9 Å². The molecule has 0 unspecified atom stereocenters. The Bertz CT molecular complexity index is 761. The Morgan fingerprint density at radius 3 is 2.80 bits per heavy atom. The van der Waals surface area contributed by atoms with Crippen molar-refractivity contribution in [3.05, 3.63) is 33.2 Å². The Morgan fingerprint density at radius 1 is 1.44 bits per heavy atom. The zero-order valence-corrected chi connectivity index (χ0v) is 18.7. The number of nitrogens with one attached hydrogen (secondary N) is 1. The lowest BCUT2D eigenvalue weighted by Crippen LogP contribution is -2.55. The lowest BCUT2D eigenvalue weighted by atomic mass is 10.3. The Hall–Kier alpha value is -1.14. The molecule has 1 N–H and O–H groups in total. The van der Waals surface area contributed by atoms with Gasteiger partial charge in [0.05, 0.1) is 22.2 Å². The maximum atomic E-state index is 12.5. The van der Waals surface area contributed by atoms with Crippen LogP contribution in [0.4, 0.5) is 5.69 Å². The van der Waals surface area contributed by atoms with Gasteiger partial charge in [0.1, 0.15) is 6.54 Å². The second-order valence-electron chi connectivity index (χ2n) is 5.45. The number of hydrogen-bond donors (Lipinski definition) is 1. The van der Waals surface area contributed by atoms with Crippen molar-refractivity contribution in [1.82, 2.24) is 20.0 Å². The van der Waals surface area contributed by atoms with Crippen LogP contribution in [0, 0.1) is 0 Å². The molecule has 3 rings (SSSR count). The monoisotopic (exact) mass is 538 g/mol. The number of hydrogen-bond acceptors (Lipinski definition) is 4. The summed E-state index contributed by atoms with van der Waals surface area (Å²) in [6, 6.07) is 4.10. The highest BCUT2D eigenvalue weighted by molar-refractivity contribution is 14.0. The van der Waals surface area contributed by atoms with Gasteiger partial charge in [-0.05, 0) is 28.1 Å². The van der Waals surface area contributed by atoms with Gasteiger partial charge in [0.2, 0.25) is 5.91 Å². The van der Waals surface area contributed by atoms with E-state index in [2.05, 4.69) is 37.4 Å². The highest BCUT2D eigenvalue weighted by Crippen LogP contribution is 2.22. The summed E-state index contributed by atoms with van der Waals surface area (Å²) in [6.07, 6.45) is 3.57. The zero-order valence-electron chi connectivity index (χ0n) is 14.0. The Balaban J connectivity index is 0.00000225. The largest absolute Gasteiger partial charge is 0.351 e. The van der Waals surface area contributed by atoms with Crippen LogP contribution in [0.25, 0.3) is 0 Å². The van der Waals surface area contributed by atoms with Crippen molar-refractivity contribution < 1.29 is 4.79 Å². The molecule has 0 saturated carbocycles. The van der Waals surface area contributed by atoms with E-state index in [0.717, 1.165) is 22.0 Å². The first kappa shape index (κ1) is 20.2. The molecule has 1 fully saturated rings. The van der Waals surface area contributed by atoms with E-state index >= 15 is 0 Å². The highest BCUT2D eigenvalue weighted by atomic mass is 127. The minimum absolute atomic E-state index is 0. The average molecular weight is 539 g/mol. The number of halogens is 2. The number of amides is 1. The second kappa shape index (κ2) is 8.99. The maximum Gasteiger partial charge on any atom is 0.246 e. The highest BCUT2D eigenvalue weighted by Gasteiger charge is 2.27. The first-order valence-corrected chi connectivity index (χ1v) is 9.16. The molecule has 0 bridgehead atoms. The van der Waals surface area contributed by atoms with Gasteiger partial charge >= 0.3 is 0 Å². The number of piperazine rings is 1. The summed E-state index contributed by atoms with van der Waals surface area (Å²) >= 11 is 5.15. The Labute approximate surface area is 176 Å². The van der Waals surface area contributed by atoms with Crippen molar-refractivity contribution in [2.24, 2.45) is 12.0 Å². The summed E-state index contributed by atoms with van der Waals surface area (Å²) in [6.45, 7) is 2.35. The third-order valence-electron chi connectivity index (χ3n) is 3.78. The minimum Gasteiger partial charge on any atom is -0.351 e. The van der Waals surface area contributed by atoms with Crippen LogP contribution in [0.15, 0.2) is 33.3 Å². The molecule has 0 aromatic carbocycles. The number of thiophene rings is 1. The first-order chi connectivity index (χ1) is 11.6. The van der Waals surface area contributed by atoms with Gasteiger partial charge < -0.3 is 15.1 Å². The molecule has 1 aliphatic rings. The molecule has 1 aliphatic heterocycles. The molecule has 2 aromatic rings. The van der Waals surface area contributed by atoms with Crippen LogP contribution in [0.2, 0.25) is 0 Å².